The molecule has 1 amide bonds. The summed E-state index contributed by atoms with van der Waals surface area (Å²) < 4.78 is 20.8. The average Bonchev–Trinajstić information content (AvgIpc) is 3.10. The van der Waals surface area contributed by atoms with E-state index in [0.717, 1.165) is 12.8 Å². The number of nitrogens with zero attached hydrogens (tertiary/aromatic N) is 5. The predicted molar refractivity (Wildman–Crippen MR) is 111 cm³/mol. The Morgan fingerprint density at radius 1 is 1.27 bits per heavy atom. The fraction of sp³-hybridized carbons (Fsp3) is 0.429. The fourth-order valence-corrected chi connectivity index (χ4v) is 3.48. The van der Waals surface area contributed by atoms with Crippen LogP contribution in [-0.4, -0.2) is 55.1 Å². The number of aromatic nitrogens is 4. The van der Waals surface area contributed by atoms with Gasteiger partial charge in [-0.15, -0.1) is 0 Å². The Morgan fingerprint density at radius 2 is 2.10 bits per heavy atom. The Morgan fingerprint density at radius 3 is 2.90 bits per heavy atom. The standard InChI is InChI=1S/C21H25FN6O2/c1-21(2,3)30-20(29)27-10-4-5-15(13-27)25-17-8-9-23-19(26-17)16-11-24-18-7-6-14(22)12-28(16)18/h6-9,11-12,15H,4-5,10,13H2,1-3H3,(H,23,25,26). The smallest absolute Gasteiger partial charge is 0.410 e. The summed E-state index contributed by atoms with van der Waals surface area (Å²) >= 11 is 0. The molecule has 8 nitrogen and oxygen atoms in total. The van der Waals surface area contributed by atoms with Crippen molar-refractivity contribution in [2.75, 3.05) is 18.4 Å². The highest BCUT2D eigenvalue weighted by Crippen LogP contribution is 2.21. The van der Waals surface area contributed by atoms with Gasteiger partial charge in [0.25, 0.3) is 0 Å². The summed E-state index contributed by atoms with van der Waals surface area (Å²) in [6.07, 6.45) is 6.13. The molecule has 1 saturated heterocycles. The molecule has 0 aromatic carbocycles. The van der Waals surface area contributed by atoms with Crippen LogP contribution in [0.15, 0.2) is 36.8 Å². The first kappa shape index (κ1) is 20.1. The van der Waals surface area contributed by atoms with Crippen LogP contribution in [0.4, 0.5) is 15.0 Å². The zero-order valence-corrected chi connectivity index (χ0v) is 17.3. The summed E-state index contributed by atoms with van der Waals surface area (Å²) in [6.45, 7) is 6.79. The number of hydrogen-bond acceptors (Lipinski definition) is 6. The van der Waals surface area contributed by atoms with Gasteiger partial charge in [-0.2, -0.15) is 0 Å². The summed E-state index contributed by atoms with van der Waals surface area (Å²) in [7, 11) is 0. The lowest BCUT2D eigenvalue weighted by Crippen LogP contribution is -2.47. The van der Waals surface area contributed by atoms with Crippen LogP contribution >= 0.6 is 0 Å². The first-order chi connectivity index (χ1) is 14.3. The Labute approximate surface area is 174 Å². The molecule has 0 radical (unpaired) electrons. The number of fused-ring (bicyclic) bond motifs is 1. The number of hydrogen-bond donors (Lipinski definition) is 1. The van der Waals surface area contributed by atoms with Gasteiger partial charge in [-0.3, -0.25) is 4.40 Å². The van der Waals surface area contributed by atoms with E-state index in [1.54, 1.807) is 33.8 Å². The highest BCUT2D eigenvalue weighted by Gasteiger charge is 2.27. The monoisotopic (exact) mass is 412 g/mol. The molecule has 1 N–H and O–H groups in total. The third-order valence-electron chi connectivity index (χ3n) is 4.78. The maximum Gasteiger partial charge on any atom is 0.410 e. The van der Waals surface area contributed by atoms with Crippen LogP contribution in [0, 0.1) is 5.82 Å². The molecule has 158 valence electrons. The van der Waals surface area contributed by atoms with Crippen molar-refractivity contribution in [3.8, 4) is 11.5 Å². The van der Waals surface area contributed by atoms with E-state index >= 15 is 0 Å². The molecule has 1 atom stereocenters. The summed E-state index contributed by atoms with van der Waals surface area (Å²) in [5.41, 5.74) is 0.702. The molecular weight excluding hydrogens is 387 g/mol. The van der Waals surface area contributed by atoms with Gasteiger partial charge in [0.1, 0.15) is 28.6 Å². The van der Waals surface area contributed by atoms with Crippen molar-refractivity contribution >= 4 is 17.6 Å². The Bertz CT molecular complexity index is 1060. The number of piperidine rings is 1. The third kappa shape index (κ3) is 4.50. The van der Waals surface area contributed by atoms with E-state index in [9.17, 15) is 9.18 Å². The van der Waals surface area contributed by atoms with Crippen LogP contribution in [-0.2, 0) is 4.74 Å². The largest absolute Gasteiger partial charge is 0.444 e. The number of likely N-dealkylation sites (tertiary alicyclic amines) is 1. The molecule has 1 fully saturated rings. The van der Waals surface area contributed by atoms with E-state index in [0.29, 0.717) is 36.1 Å². The van der Waals surface area contributed by atoms with Crippen molar-refractivity contribution in [1.82, 2.24) is 24.3 Å². The molecule has 0 aliphatic carbocycles. The second kappa shape index (κ2) is 7.89. The van der Waals surface area contributed by atoms with E-state index in [4.69, 9.17) is 4.74 Å². The molecule has 3 aromatic rings. The molecule has 4 heterocycles. The molecule has 30 heavy (non-hydrogen) atoms. The van der Waals surface area contributed by atoms with Gasteiger partial charge in [0.05, 0.1) is 6.20 Å². The first-order valence-corrected chi connectivity index (χ1v) is 9.99. The Balaban J connectivity index is 1.49. The number of nitrogens with one attached hydrogen (secondary N) is 1. The number of halogens is 1. The fourth-order valence-electron chi connectivity index (χ4n) is 3.48. The number of amides is 1. The normalized spacial score (nSPS) is 17.2. The van der Waals surface area contributed by atoms with Crippen LogP contribution in [0.1, 0.15) is 33.6 Å². The molecule has 9 heteroatoms. The Kier molecular flexibility index (Phi) is 5.27. The Hall–Kier alpha value is -3.23. The average molecular weight is 412 g/mol. The lowest BCUT2D eigenvalue weighted by Gasteiger charge is -2.34. The molecule has 1 aliphatic heterocycles. The third-order valence-corrected chi connectivity index (χ3v) is 4.78. The molecule has 1 unspecified atom stereocenters. The van der Waals surface area contributed by atoms with Crippen LogP contribution < -0.4 is 5.32 Å². The van der Waals surface area contributed by atoms with E-state index < -0.39 is 5.60 Å². The van der Waals surface area contributed by atoms with Gasteiger partial charge in [-0.1, -0.05) is 0 Å². The minimum absolute atomic E-state index is 0.0497. The van der Waals surface area contributed by atoms with Gasteiger partial charge < -0.3 is 15.0 Å². The second-order valence-electron chi connectivity index (χ2n) is 8.39. The van der Waals surface area contributed by atoms with Gasteiger partial charge in [-0.05, 0) is 51.8 Å². The molecule has 0 spiro atoms. The van der Waals surface area contributed by atoms with Gasteiger partial charge >= 0.3 is 6.09 Å². The molecule has 0 bridgehead atoms. The topological polar surface area (TPSA) is 84.6 Å². The van der Waals surface area contributed by atoms with Gasteiger partial charge in [0, 0.05) is 31.5 Å². The summed E-state index contributed by atoms with van der Waals surface area (Å²) in [4.78, 5) is 27.3. The van der Waals surface area contributed by atoms with Gasteiger partial charge in [0.2, 0.25) is 0 Å². The van der Waals surface area contributed by atoms with Crippen LogP contribution in [0.5, 0.6) is 0 Å². The molecule has 3 aromatic heterocycles. The minimum atomic E-state index is -0.521. The number of anilines is 1. The van der Waals surface area contributed by atoms with Crippen molar-refractivity contribution in [2.24, 2.45) is 0 Å². The van der Waals surface area contributed by atoms with E-state index in [1.807, 2.05) is 20.8 Å². The van der Waals surface area contributed by atoms with Crippen molar-refractivity contribution in [2.45, 2.75) is 45.3 Å². The zero-order chi connectivity index (χ0) is 21.3. The number of rotatable bonds is 3. The quantitative estimate of drug-likeness (QED) is 0.705. The van der Waals surface area contributed by atoms with E-state index in [-0.39, 0.29) is 18.0 Å². The van der Waals surface area contributed by atoms with Crippen LogP contribution in [0.2, 0.25) is 0 Å². The van der Waals surface area contributed by atoms with Gasteiger partial charge in [-0.25, -0.2) is 24.1 Å². The maximum atomic E-state index is 13.7. The van der Waals surface area contributed by atoms with E-state index in [1.165, 1.54) is 12.3 Å². The lowest BCUT2D eigenvalue weighted by atomic mass is 10.1. The second-order valence-corrected chi connectivity index (χ2v) is 8.39. The van der Waals surface area contributed by atoms with Crippen LogP contribution in [0.25, 0.3) is 17.2 Å². The van der Waals surface area contributed by atoms with Crippen LogP contribution in [0.3, 0.4) is 0 Å². The van der Waals surface area contributed by atoms with Crippen molar-refractivity contribution in [1.29, 1.82) is 0 Å². The lowest BCUT2D eigenvalue weighted by molar-refractivity contribution is 0.0206. The summed E-state index contributed by atoms with van der Waals surface area (Å²) in [6, 6.07) is 4.80. The van der Waals surface area contributed by atoms with Crippen molar-refractivity contribution in [3.63, 3.8) is 0 Å². The first-order valence-electron chi connectivity index (χ1n) is 9.99. The highest BCUT2D eigenvalue weighted by atomic mass is 19.1. The number of ether oxygens (including phenoxy) is 1. The molecule has 0 saturated carbocycles. The number of carbonyl (C=O) groups excluding carboxylic acids is 1. The summed E-state index contributed by atoms with van der Waals surface area (Å²) in [5, 5.41) is 3.39. The van der Waals surface area contributed by atoms with Crippen molar-refractivity contribution in [3.05, 3.63) is 42.6 Å². The number of pyridine rings is 1. The molecular formula is C21H25FN6O2. The minimum Gasteiger partial charge on any atom is -0.444 e. The maximum absolute atomic E-state index is 13.7. The van der Waals surface area contributed by atoms with Crippen molar-refractivity contribution < 1.29 is 13.9 Å². The SMILES string of the molecule is CC(C)(C)OC(=O)N1CCCC(Nc2ccnc(-c3cnc4ccc(F)cn34)n2)C1. The summed E-state index contributed by atoms with van der Waals surface area (Å²) in [5.74, 6) is 0.723. The highest BCUT2D eigenvalue weighted by molar-refractivity contribution is 5.68. The predicted octanol–water partition coefficient (Wildman–Crippen LogP) is 3.74. The zero-order valence-electron chi connectivity index (χ0n) is 17.3. The van der Waals surface area contributed by atoms with E-state index in [2.05, 4.69) is 20.3 Å². The number of imidazole rings is 1. The number of carbonyl (C=O) groups is 1. The molecule has 4 rings (SSSR count). The van der Waals surface area contributed by atoms with Gasteiger partial charge in [0.15, 0.2) is 5.82 Å². The molecule has 1 aliphatic rings.